The van der Waals surface area contributed by atoms with Crippen molar-refractivity contribution in [2.75, 3.05) is 0 Å². The van der Waals surface area contributed by atoms with Crippen LogP contribution in [0.5, 0.6) is 0 Å². The summed E-state index contributed by atoms with van der Waals surface area (Å²) >= 11 is 0. The zero-order valence-electron chi connectivity index (χ0n) is 1.98. The monoisotopic (exact) mass is 133 g/mol. The van der Waals surface area contributed by atoms with E-state index in [-0.39, 0.29) is 32.7 Å². The van der Waals surface area contributed by atoms with Crippen molar-refractivity contribution in [3.63, 3.8) is 0 Å². The summed E-state index contributed by atoms with van der Waals surface area (Å²) < 4.78 is 9.72. The smallest absolute Gasteiger partial charge is 0 e. The van der Waals surface area contributed by atoms with E-state index in [9.17, 15) is 4.32 Å². The van der Waals surface area contributed by atoms with Crippen LogP contribution in [0.2, 0.25) is 0 Å². The average molecular weight is 133 g/mol. The summed E-state index contributed by atoms with van der Waals surface area (Å²) in [7, 11) is -0.500. The summed E-state index contributed by atoms with van der Waals surface area (Å²) in [5, 5.41) is 6.78. The molecule has 0 aliphatic heterocycles. The second-order valence-electron chi connectivity index (χ2n) is 0.0976. The second kappa shape index (κ2) is 9.09. The third-order valence-electron chi connectivity index (χ3n) is 0. The number of hydrogen-bond donors (Lipinski definition) is 0. The van der Waals surface area contributed by atoms with Gasteiger partial charge in [-0.05, 0) is 0 Å². The summed E-state index contributed by atoms with van der Waals surface area (Å²) in [6.45, 7) is 0. The zero-order chi connectivity index (χ0) is 2.71. The van der Waals surface area contributed by atoms with Gasteiger partial charge in [-0.3, -0.25) is 0 Å². The van der Waals surface area contributed by atoms with Crippen molar-refractivity contribution in [2.45, 2.75) is 0 Å². The van der Waals surface area contributed by atoms with E-state index in [0.29, 0.717) is 0 Å². The van der Waals surface area contributed by atoms with Crippen molar-refractivity contribution in [1.82, 2.24) is 0 Å². The van der Waals surface area contributed by atoms with Crippen molar-refractivity contribution in [1.29, 1.82) is 0 Å². The molecule has 0 atom stereocenters. The fourth-order valence-corrected chi connectivity index (χ4v) is 0. The molecule has 0 spiro atoms. The van der Waals surface area contributed by atoms with Crippen molar-refractivity contribution < 1.29 is 37.0 Å². The molecule has 0 aromatic carbocycles. The molecule has 0 heterocycles. The quantitative estimate of drug-likeness (QED) is 0.424. The molecule has 1 radical (unpaired) electrons. The minimum Gasteiger partial charge on any atom is 0 e. The number of nitrogens with zero attached hydrogens (tertiary/aromatic N) is 1. The van der Waals surface area contributed by atoms with E-state index in [4.69, 9.17) is 5.31 Å². The van der Waals surface area contributed by atoms with E-state index in [2.05, 4.69) is 0 Å². The van der Waals surface area contributed by atoms with Gasteiger partial charge in [0.2, 0.25) is 0 Å². The van der Waals surface area contributed by atoms with Crippen LogP contribution in [0.3, 0.4) is 0 Å². The van der Waals surface area contributed by atoms with Crippen molar-refractivity contribution >= 4 is 7.35 Å². The van der Waals surface area contributed by atoms with E-state index in [1.807, 2.05) is 0 Å². The van der Waals surface area contributed by atoms with Gasteiger partial charge in [0, 0.05) is 32.7 Å². The summed E-state index contributed by atoms with van der Waals surface area (Å²) in [5.74, 6) is 0. The first-order valence-corrected chi connectivity index (χ1v) is 0.476. The molecule has 4 heavy (non-hydrogen) atoms. The standard InChI is InChI=1S/BFN.Y/c2-1-3;/q-1;. The molecule has 0 aromatic heterocycles. The predicted octanol–water partition coefficient (Wildman–Crippen LogP) is 0.326. The molecule has 0 fully saturated rings. The van der Waals surface area contributed by atoms with E-state index < -0.39 is 7.35 Å². The van der Waals surface area contributed by atoms with Gasteiger partial charge in [0.25, 0.3) is 0 Å². The van der Waals surface area contributed by atoms with Crippen LogP contribution in [-0.2, 0) is 32.7 Å². The summed E-state index contributed by atoms with van der Waals surface area (Å²) in [6.07, 6.45) is 0. The molecule has 4 heteroatoms. The van der Waals surface area contributed by atoms with Crippen LogP contribution in [0.1, 0.15) is 0 Å². The first kappa shape index (κ1) is 8.86. The minimum atomic E-state index is -0.500. The van der Waals surface area contributed by atoms with Gasteiger partial charge in [0.05, 0.1) is 0 Å². The molecule has 0 unspecified atom stereocenters. The molecule has 0 aliphatic rings. The maximum atomic E-state index is 9.72. The van der Waals surface area contributed by atoms with Crippen LogP contribution >= 0.6 is 0 Å². The Morgan fingerprint density at radius 3 is 1.75 bits per heavy atom. The Bertz CT molecular complexity index is 15.5. The van der Waals surface area contributed by atoms with Crippen LogP contribution in [0.4, 0.5) is 4.32 Å². The normalized spacial score (nSPS) is 2.25. The molecule has 1 nitrogen and oxygen atoms in total. The Morgan fingerprint density at radius 1 is 1.75 bits per heavy atom. The average Bonchev–Trinajstić information content (AvgIpc) is 0.918. The summed E-state index contributed by atoms with van der Waals surface area (Å²) in [6, 6.07) is 0. The van der Waals surface area contributed by atoms with Gasteiger partial charge in [0.1, 0.15) is 0 Å². The molecule has 19 valence electrons. The van der Waals surface area contributed by atoms with Crippen molar-refractivity contribution in [2.24, 2.45) is 0 Å². The molecule has 0 amide bonds. The molecular weight excluding hydrogens is 133 g/mol. The van der Waals surface area contributed by atoms with E-state index in [1.165, 1.54) is 0 Å². The Labute approximate surface area is 49.6 Å². The van der Waals surface area contributed by atoms with Gasteiger partial charge in [-0.25, -0.2) is 0 Å². The van der Waals surface area contributed by atoms with Crippen molar-refractivity contribution in [3.8, 4) is 0 Å². The van der Waals surface area contributed by atoms with Gasteiger partial charge in [-0.2, -0.15) is 0 Å². The third-order valence-corrected chi connectivity index (χ3v) is 0. The predicted molar refractivity (Wildman–Crippen MR) is 10.2 cm³/mol. The fourth-order valence-electron chi connectivity index (χ4n) is 0. The van der Waals surface area contributed by atoms with E-state index >= 15 is 0 Å². The molecule has 0 aromatic rings. The number of rotatable bonds is 0. The SMILES string of the molecule is [N-]=BF.[Y]. The van der Waals surface area contributed by atoms with Gasteiger partial charge in [-0.1, -0.05) is 0 Å². The molecule has 0 saturated carbocycles. The minimum absolute atomic E-state index is 0. The van der Waals surface area contributed by atoms with Gasteiger partial charge in [-0.15, -0.1) is 0 Å². The topological polar surface area (TPSA) is 22.3 Å². The van der Waals surface area contributed by atoms with Gasteiger partial charge >= 0.3 is 17.0 Å². The van der Waals surface area contributed by atoms with E-state index in [0.717, 1.165) is 0 Å². The molecule has 0 rings (SSSR count). The third kappa shape index (κ3) is 12.9. The van der Waals surface area contributed by atoms with Crippen molar-refractivity contribution in [3.05, 3.63) is 5.31 Å². The molecule has 0 N–H and O–H groups in total. The molecule has 0 bridgehead atoms. The van der Waals surface area contributed by atoms with Gasteiger partial charge < -0.3 is 0 Å². The van der Waals surface area contributed by atoms with Gasteiger partial charge in [0.15, 0.2) is 0 Å². The van der Waals surface area contributed by atoms with Crippen LogP contribution in [0.25, 0.3) is 5.31 Å². The van der Waals surface area contributed by atoms with Crippen LogP contribution in [0.15, 0.2) is 0 Å². The fraction of sp³-hybridized carbons (Fsp3) is 0. The molecule has 0 saturated heterocycles. The molecule has 0 aliphatic carbocycles. The van der Waals surface area contributed by atoms with Crippen LogP contribution in [-0.4, -0.2) is 7.35 Å². The maximum absolute atomic E-state index is 9.72. The van der Waals surface area contributed by atoms with Crippen LogP contribution in [0, 0.1) is 0 Å². The summed E-state index contributed by atoms with van der Waals surface area (Å²) in [5.41, 5.74) is 0. The number of hydrogen-bond acceptors (Lipinski definition) is 0. The number of halogens is 1. The maximum Gasteiger partial charge on any atom is 0 e. The largest absolute Gasteiger partial charge is 0 e. The first-order chi connectivity index (χ1) is 1.41. The Kier molecular flexibility index (Phi) is 20.1. The van der Waals surface area contributed by atoms with Crippen LogP contribution < -0.4 is 0 Å². The zero-order valence-corrected chi connectivity index (χ0v) is 4.82. The Balaban J connectivity index is 0. The first-order valence-electron chi connectivity index (χ1n) is 0.476. The summed E-state index contributed by atoms with van der Waals surface area (Å²) in [4.78, 5) is 0. The van der Waals surface area contributed by atoms with E-state index in [1.54, 1.807) is 0 Å². The second-order valence-corrected chi connectivity index (χ2v) is 0.0976. The Hall–Kier alpha value is 0.899. The Morgan fingerprint density at radius 2 is 1.75 bits per heavy atom. The molecular formula is BFNY-.